The Bertz CT molecular complexity index is 924. The molecule has 30 heavy (non-hydrogen) atoms. The number of ether oxygens (including phenoxy) is 2. The highest BCUT2D eigenvalue weighted by atomic mass is 19.2. The van der Waals surface area contributed by atoms with E-state index in [4.69, 9.17) is 9.47 Å². The molecule has 1 aliphatic heterocycles. The van der Waals surface area contributed by atoms with E-state index in [1.165, 1.54) is 30.5 Å². The summed E-state index contributed by atoms with van der Waals surface area (Å²) < 4.78 is 68.2. The van der Waals surface area contributed by atoms with Crippen LogP contribution in [0.25, 0.3) is 5.57 Å². The lowest BCUT2D eigenvalue weighted by Gasteiger charge is -2.23. The number of allylic oxidation sites excluding steroid dienone is 1. The van der Waals surface area contributed by atoms with Gasteiger partial charge in [-0.2, -0.15) is 4.39 Å². The van der Waals surface area contributed by atoms with E-state index in [1.807, 2.05) is 0 Å². The minimum atomic E-state index is -1.07. The first kappa shape index (κ1) is 22.2. The third-order valence-corrected chi connectivity index (χ3v) is 5.35. The van der Waals surface area contributed by atoms with Gasteiger partial charge < -0.3 is 9.47 Å². The molecule has 2 aromatic rings. The molecule has 2 aromatic carbocycles. The molecule has 1 heterocycles. The van der Waals surface area contributed by atoms with Gasteiger partial charge in [0.15, 0.2) is 23.2 Å². The minimum Gasteiger partial charge on any atom is -0.498 e. The maximum Gasteiger partial charge on any atom is 0.200 e. The van der Waals surface area contributed by atoms with Gasteiger partial charge >= 0.3 is 0 Å². The van der Waals surface area contributed by atoms with Crippen LogP contribution >= 0.6 is 0 Å². The van der Waals surface area contributed by atoms with E-state index < -0.39 is 23.3 Å². The molecule has 0 saturated heterocycles. The van der Waals surface area contributed by atoms with Gasteiger partial charge in [-0.3, -0.25) is 0 Å². The average molecular weight is 422 g/mol. The zero-order valence-corrected chi connectivity index (χ0v) is 17.2. The van der Waals surface area contributed by atoms with Gasteiger partial charge in [-0.1, -0.05) is 31.5 Å². The van der Waals surface area contributed by atoms with Gasteiger partial charge in [-0.15, -0.1) is 0 Å². The van der Waals surface area contributed by atoms with E-state index >= 15 is 0 Å². The molecule has 0 aromatic heterocycles. The first-order chi connectivity index (χ1) is 14.5. The molecule has 0 amide bonds. The van der Waals surface area contributed by atoms with E-state index in [9.17, 15) is 17.6 Å². The van der Waals surface area contributed by atoms with Gasteiger partial charge in [-0.05, 0) is 61.8 Å². The van der Waals surface area contributed by atoms with Crippen molar-refractivity contribution in [3.8, 4) is 5.75 Å². The van der Waals surface area contributed by atoms with Crippen molar-refractivity contribution >= 4 is 5.57 Å². The van der Waals surface area contributed by atoms with Crippen LogP contribution in [0.4, 0.5) is 17.6 Å². The summed E-state index contributed by atoms with van der Waals surface area (Å²) in [5, 5.41) is 0. The summed E-state index contributed by atoms with van der Waals surface area (Å²) in [6.45, 7) is 3.96. The number of hydrogen-bond donors (Lipinski definition) is 0. The lowest BCUT2D eigenvalue weighted by molar-refractivity contribution is 0.118. The normalized spacial score (nSPS) is 16.2. The molecule has 0 fully saturated rings. The van der Waals surface area contributed by atoms with Crippen molar-refractivity contribution in [3.05, 3.63) is 70.5 Å². The van der Waals surface area contributed by atoms with Crippen molar-refractivity contribution in [2.75, 3.05) is 6.61 Å². The summed E-state index contributed by atoms with van der Waals surface area (Å²) in [6, 6.07) is 5.77. The van der Waals surface area contributed by atoms with Crippen LogP contribution in [0.5, 0.6) is 5.75 Å². The Morgan fingerprint density at radius 3 is 2.17 bits per heavy atom. The zero-order valence-electron chi connectivity index (χ0n) is 17.2. The number of halogens is 4. The van der Waals surface area contributed by atoms with E-state index in [1.54, 1.807) is 6.92 Å². The van der Waals surface area contributed by atoms with Crippen LogP contribution in [0.1, 0.15) is 56.2 Å². The molecule has 0 saturated carbocycles. The van der Waals surface area contributed by atoms with Crippen molar-refractivity contribution < 1.29 is 27.0 Å². The van der Waals surface area contributed by atoms with Crippen molar-refractivity contribution in [1.29, 1.82) is 0 Å². The van der Waals surface area contributed by atoms with Gasteiger partial charge in [-0.25, -0.2) is 13.2 Å². The molecule has 0 N–H and O–H groups in total. The Hall–Kier alpha value is -2.50. The average Bonchev–Trinajstić information content (AvgIpc) is 2.75. The molecule has 1 aliphatic rings. The van der Waals surface area contributed by atoms with Crippen molar-refractivity contribution in [3.63, 3.8) is 0 Å². The Labute approximate surface area is 174 Å². The molecule has 6 heteroatoms. The molecule has 0 radical (unpaired) electrons. The van der Waals surface area contributed by atoms with Crippen molar-refractivity contribution in [2.24, 2.45) is 0 Å². The molecule has 2 nitrogen and oxygen atoms in total. The SMILES string of the molecule is CCCC1CCC(c2ccc(CCc3ccc(OCC)c(F)c3F)c(F)c2F)=CO1. The van der Waals surface area contributed by atoms with Crippen LogP contribution in [0.2, 0.25) is 0 Å². The fourth-order valence-electron chi connectivity index (χ4n) is 3.69. The number of hydrogen-bond acceptors (Lipinski definition) is 2. The van der Waals surface area contributed by atoms with Gasteiger partial charge in [0.2, 0.25) is 5.82 Å². The molecule has 0 spiro atoms. The third-order valence-electron chi connectivity index (χ3n) is 5.35. The zero-order chi connectivity index (χ0) is 21.7. The molecular formula is C24H26F4O2. The first-order valence-corrected chi connectivity index (χ1v) is 10.4. The first-order valence-electron chi connectivity index (χ1n) is 10.4. The van der Waals surface area contributed by atoms with E-state index in [-0.39, 0.29) is 48.0 Å². The maximum absolute atomic E-state index is 14.7. The highest BCUT2D eigenvalue weighted by Crippen LogP contribution is 2.32. The number of rotatable bonds is 8. The quantitative estimate of drug-likeness (QED) is 0.438. The summed E-state index contributed by atoms with van der Waals surface area (Å²) in [5.41, 5.74) is 1.02. The van der Waals surface area contributed by atoms with Gasteiger partial charge in [0.25, 0.3) is 0 Å². The molecule has 1 atom stereocenters. The summed E-state index contributed by atoms with van der Waals surface area (Å²) in [4.78, 5) is 0. The highest BCUT2D eigenvalue weighted by Gasteiger charge is 2.21. The predicted molar refractivity (Wildman–Crippen MR) is 108 cm³/mol. The molecule has 1 unspecified atom stereocenters. The number of aryl methyl sites for hydroxylation is 2. The smallest absolute Gasteiger partial charge is 0.200 e. The van der Waals surface area contributed by atoms with Crippen molar-refractivity contribution in [1.82, 2.24) is 0 Å². The van der Waals surface area contributed by atoms with Gasteiger partial charge in [0, 0.05) is 5.56 Å². The van der Waals surface area contributed by atoms with Gasteiger partial charge in [0.1, 0.15) is 0 Å². The Morgan fingerprint density at radius 1 is 0.900 bits per heavy atom. The third kappa shape index (κ3) is 4.79. The standard InChI is InChI=1S/C24H26F4O2/c1-3-5-18-11-8-17(14-30-18)19-12-9-15(21(25)23(19)27)6-7-16-10-13-20(29-4-2)24(28)22(16)26/h9-10,12-14,18H,3-8,11H2,1-2H3. The van der Waals surface area contributed by atoms with Crippen molar-refractivity contribution in [2.45, 2.75) is 58.5 Å². The molecule has 0 aliphatic carbocycles. The van der Waals surface area contributed by atoms with E-state index in [0.29, 0.717) is 12.0 Å². The second-order valence-corrected chi connectivity index (χ2v) is 7.41. The molecular weight excluding hydrogens is 396 g/mol. The van der Waals surface area contributed by atoms with Crippen LogP contribution in [0.3, 0.4) is 0 Å². The number of benzene rings is 2. The van der Waals surface area contributed by atoms with Crippen LogP contribution < -0.4 is 4.74 Å². The maximum atomic E-state index is 14.7. The van der Waals surface area contributed by atoms with Crippen LogP contribution in [-0.4, -0.2) is 12.7 Å². The summed E-state index contributed by atoms with van der Waals surface area (Å²) >= 11 is 0. The highest BCUT2D eigenvalue weighted by molar-refractivity contribution is 5.66. The fourth-order valence-corrected chi connectivity index (χ4v) is 3.69. The Balaban J connectivity index is 1.73. The lowest BCUT2D eigenvalue weighted by Crippen LogP contribution is -2.14. The molecule has 3 rings (SSSR count). The second-order valence-electron chi connectivity index (χ2n) is 7.41. The summed E-state index contributed by atoms with van der Waals surface area (Å²) in [6.07, 6.45) is 5.06. The van der Waals surface area contributed by atoms with E-state index in [2.05, 4.69) is 6.92 Å². The van der Waals surface area contributed by atoms with Crippen LogP contribution in [0, 0.1) is 23.3 Å². The Morgan fingerprint density at radius 2 is 1.57 bits per heavy atom. The predicted octanol–water partition coefficient (Wildman–Crippen LogP) is 6.75. The fraction of sp³-hybridized carbons (Fsp3) is 0.417. The van der Waals surface area contributed by atoms with Gasteiger partial charge in [0.05, 0.1) is 19.0 Å². The monoisotopic (exact) mass is 422 g/mol. The van der Waals surface area contributed by atoms with Crippen LogP contribution in [-0.2, 0) is 17.6 Å². The van der Waals surface area contributed by atoms with E-state index in [0.717, 1.165) is 19.3 Å². The topological polar surface area (TPSA) is 18.5 Å². The summed E-state index contributed by atoms with van der Waals surface area (Å²) in [7, 11) is 0. The van der Waals surface area contributed by atoms with Crippen LogP contribution in [0.15, 0.2) is 30.5 Å². The largest absolute Gasteiger partial charge is 0.498 e. The Kier molecular flexibility index (Phi) is 7.40. The minimum absolute atomic E-state index is 0.0371. The molecule has 162 valence electrons. The summed E-state index contributed by atoms with van der Waals surface area (Å²) in [5.74, 6) is -4.15. The second kappa shape index (κ2) is 10.0. The lowest BCUT2D eigenvalue weighted by atomic mass is 9.94. The molecule has 0 bridgehead atoms.